The Labute approximate surface area is 110 Å². The van der Waals surface area contributed by atoms with E-state index in [9.17, 15) is 4.79 Å². The molecular formula is C15H23NO2. The summed E-state index contributed by atoms with van der Waals surface area (Å²) >= 11 is 0. The fourth-order valence-corrected chi connectivity index (χ4v) is 1.90. The highest BCUT2D eigenvalue weighted by molar-refractivity contribution is 5.76. The van der Waals surface area contributed by atoms with Gasteiger partial charge in [-0.15, -0.1) is 0 Å². The number of ether oxygens (including phenoxy) is 1. The van der Waals surface area contributed by atoms with Crippen molar-refractivity contribution in [2.45, 2.75) is 45.6 Å². The fourth-order valence-electron chi connectivity index (χ4n) is 1.90. The van der Waals surface area contributed by atoms with E-state index in [2.05, 4.69) is 19.2 Å². The van der Waals surface area contributed by atoms with Crippen LogP contribution in [0.3, 0.4) is 0 Å². The van der Waals surface area contributed by atoms with Gasteiger partial charge in [-0.3, -0.25) is 4.79 Å². The van der Waals surface area contributed by atoms with Gasteiger partial charge in [0.05, 0.1) is 7.11 Å². The molecule has 0 heterocycles. The quantitative estimate of drug-likeness (QED) is 0.807. The van der Waals surface area contributed by atoms with Gasteiger partial charge < -0.3 is 10.1 Å². The summed E-state index contributed by atoms with van der Waals surface area (Å²) in [6.07, 6.45) is 3.45. The lowest BCUT2D eigenvalue weighted by molar-refractivity contribution is -0.121. The Morgan fingerprint density at radius 2 is 2.00 bits per heavy atom. The first-order chi connectivity index (χ1) is 8.65. The topological polar surface area (TPSA) is 38.3 Å². The molecule has 0 bridgehead atoms. The summed E-state index contributed by atoms with van der Waals surface area (Å²) in [4.78, 5) is 11.7. The summed E-state index contributed by atoms with van der Waals surface area (Å²) in [6.45, 7) is 4.18. The van der Waals surface area contributed by atoms with Crippen molar-refractivity contribution in [3.05, 3.63) is 29.8 Å². The highest BCUT2D eigenvalue weighted by Gasteiger charge is 2.06. The molecule has 1 atom stereocenters. The molecule has 100 valence electrons. The molecule has 0 radical (unpaired) electrons. The highest BCUT2D eigenvalue weighted by atomic mass is 16.5. The number of aryl methyl sites for hydroxylation is 1. The van der Waals surface area contributed by atoms with Crippen molar-refractivity contribution in [3.63, 3.8) is 0 Å². The number of hydrogen-bond donors (Lipinski definition) is 1. The lowest BCUT2D eigenvalue weighted by Crippen LogP contribution is -2.32. The summed E-state index contributed by atoms with van der Waals surface area (Å²) in [5.74, 6) is 0.978. The Balaban J connectivity index is 2.33. The van der Waals surface area contributed by atoms with Crippen LogP contribution < -0.4 is 10.1 Å². The van der Waals surface area contributed by atoms with E-state index < -0.39 is 0 Å². The van der Waals surface area contributed by atoms with E-state index in [1.165, 1.54) is 0 Å². The van der Waals surface area contributed by atoms with Crippen LogP contribution in [0.15, 0.2) is 24.3 Å². The van der Waals surface area contributed by atoms with Crippen molar-refractivity contribution < 1.29 is 9.53 Å². The minimum Gasteiger partial charge on any atom is -0.497 e. The molecule has 1 N–H and O–H groups in total. The minimum absolute atomic E-state index is 0.131. The number of carbonyl (C=O) groups excluding carboxylic acids is 1. The zero-order chi connectivity index (χ0) is 13.4. The Hall–Kier alpha value is -1.51. The first-order valence-electron chi connectivity index (χ1n) is 6.58. The number of carbonyl (C=O) groups is 1. The van der Waals surface area contributed by atoms with Crippen LogP contribution >= 0.6 is 0 Å². The second kappa shape index (κ2) is 7.75. The second-order valence-electron chi connectivity index (χ2n) is 4.61. The number of rotatable bonds is 7. The number of methoxy groups -OCH3 is 1. The van der Waals surface area contributed by atoms with E-state index in [1.807, 2.05) is 24.3 Å². The maximum absolute atomic E-state index is 11.7. The van der Waals surface area contributed by atoms with Crippen molar-refractivity contribution in [2.24, 2.45) is 0 Å². The monoisotopic (exact) mass is 249 g/mol. The van der Waals surface area contributed by atoms with Crippen LogP contribution in [0.2, 0.25) is 0 Å². The molecule has 0 saturated heterocycles. The Kier molecular flexibility index (Phi) is 6.26. The molecule has 0 saturated carbocycles. The molecule has 1 rings (SSSR count). The van der Waals surface area contributed by atoms with Gasteiger partial charge in [-0.2, -0.15) is 0 Å². The lowest BCUT2D eigenvalue weighted by atomic mass is 10.1. The largest absolute Gasteiger partial charge is 0.497 e. The van der Waals surface area contributed by atoms with Crippen LogP contribution in [0, 0.1) is 0 Å². The van der Waals surface area contributed by atoms with Gasteiger partial charge in [-0.1, -0.05) is 25.5 Å². The molecule has 0 aromatic heterocycles. The van der Waals surface area contributed by atoms with Crippen LogP contribution in [-0.2, 0) is 11.2 Å². The SMILES string of the molecule is CCCC(C)NC(=O)CCc1ccc(OC)cc1. The molecule has 1 amide bonds. The first-order valence-corrected chi connectivity index (χ1v) is 6.58. The van der Waals surface area contributed by atoms with Gasteiger partial charge >= 0.3 is 0 Å². The summed E-state index contributed by atoms with van der Waals surface area (Å²) in [5.41, 5.74) is 1.16. The Bertz CT molecular complexity index is 359. The van der Waals surface area contributed by atoms with Crippen molar-refractivity contribution in [3.8, 4) is 5.75 Å². The van der Waals surface area contributed by atoms with Gasteiger partial charge in [-0.25, -0.2) is 0 Å². The van der Waals surface area contributed by atoms with Gasteiger partial charge in [0, 0.05) is 12.5 Å². The maximum Gasteiger partial charge on any atom is 0.220 e. The minimum atomic E-state index is 0.131. The number of amides is 1. The summed E-state index contributed by atoms with van der Waals surface area (Å²) in [7, 11) is 1.65. The smallest absolute Gasteiger partial charge is 0.220 e. The standard InChI is InChI=1S/C15H23NO2/c1-4-5-12(2)16-15(17)11-8-13-6-9-14(18-3)10-7-13/h6-7,9-10,12H,4-5,8,11H2,1-3H3,(H,16,17). The normalized spacial score (nSPS) is 11.9. The molecule has 0 aliphatic heterocycles. The highest BCUT2D eigenvalue weighted by Crippen LogP contribution is 2.12. The van der Waals surface area contributed by atoms with Crippen LogP contribution in [0.25, 0.3) is 0 Å². The van der Waals surface area contributed by atoms with Crippen LogP contribution in [0.4, 0.5) is 0 Å². The predicted octanol–water partition coefficient (Wildman–Crippen LogP) is 2.93. The van der Waals surface area contributed by atoms with Crippen molar-refractivity contribution in [1.82, 2.24) is 5.32 Å². The third-order valence-electron chi connectivity index (χ3n) is 2.93. The zero-order valence-electron chi connectivity index (χ0n) is 11.5. The molecule has 1 unspecified atom stereocenters. The average molecular weight is 249 g/mol. The molecular weight excluding hydrogens is 226 g/mol. The van der Waals surface area contributed by atoms with Crippen molar-refractivity contribution in [1.29, 1.82) is 0 Å². The number of benzene rings is 1. The van der Waals surface area contributed by atoms with E-state index in [-0.39, 0.29) is 11.9 Å². The van der Waals surface area contributed by atoms with E-state index in [0.717, 1.165) is 30.6 Å². The van der Waals surface area contributed by atoms with Gasteiger partial charge in [0.1, 0.15) is 5.75 Å². The molecule has 18 heavy (non-hydrogen) atoms. The molecule has 0 fully saturated rings. The van der Waals surface area contributed by atoms with Gasteiger partial charge in [0.2, 0.25) is 5.91 Å². The summed E-state index contributed by atoms with van der Waals surface area (Å²) in [5, 5.41) is 3.01. The molecule has 3 nitrogen and oxygen atoms in total. The summed E-state index contributed by atoms with van der Waals surface area (Å²) in [6, 6.07) is 8.13. The average Bonchev–Trinajstić information content (AvgIpc) is 2.37. The van der Waals surface area contributed by atoms with Gasteiger partial charge in [-0.05, 0) is 37.5 Å². The van der Waals surface area contributed by atoms with Gasteiger partial charge in [0.15, 0.2) is 0 Å². The van der Waals surface area contributed by atoms with Crippen molar-refractivity contribution >= 4 is 5.91 Å². The maximum atomic E-state index is 11.7. The number of hydrogen-bond acceptors (Lipinski definition) is 2. The van der Waals surface area contributed by atoms with Gasteiger partial charge in [0.25, 0.3) is 0 Å². The molecule has 0 aliphatic rings. The fraction of sp³-hybridized carbons (Fsp3) is 0.533. The number of nitrogens with one attached hydrogen (secondary N) is 1. The molecule has 1 aromatic carbocycles. The lowest BCUT2D eigenvalue weighted by Gasteiger charge is -2.12. The second-order valence-corrected chi connectivity index (χ2v) is 4.61. The summed E-state index contributed by atoms with van der Waals surface area (Å²) < 4.78 is 5.10. The third-order valence-corrected chi connectivity index (χ3v) is 2.93. The van der Waals surface area contributed by atoms with Crippen LogP contribution in [-0.4, -0.2) is 19.1 Å². The molecule has 0 aliphatic carbocycles. The van der Waals surface area contributed by atoms with Crippen LogP contribution in [0.5, 0.6) is 5.75 Å². The van der Waals surface area contributed by atoms with E-state index in [1.54, 1.807) is 7.11 Å². The van der Waals surface area contributed by atoms with Crippen molar-refractivity contribution in [2.75, 3.05) is 7.11 Å². The van der Waals surface area contributed by atoms with E-state index >= 15 is 0 Å². The first kappa shape index (κ1) is 14.6. The zero-order valence-corrected chi connectivity index (χ0v) is 11.5. The molecule has 1 aromatic rings. The third kappa shape index (κ3) is 5.21. The predicted molar refractivity (Wildman–Crippen MR) is 73.8 cm³/mol. The molecule has 3 heteroatoms. The Morgan fingerprint density at radius 1 is 1.33 bits per heavy atom. The van der Waals surface area contributed by atoms with E-state index in [0.29, 0.717) is 6.42 Å². The Morgan fingerprint density at radius 3 is 2.56 bits per heavy atom. The molecule has 0 spiro atoms. The van der Waals surface area contributed by atoms with Crippen LogP contribution in [0.1, 0.15) is 38.7 Å². The van der Waals surface area contributed by atoms with E-state index in [4.69, 9.17) is 4.74 Å².